The molecule has 76 heavy (non-hydrogen) atoms. The Labute approximate surface area is 504 Å². The Morgan fingerprint density at radius 1 is 0.711 bits per heavy atom. The number of aromatic carboxylic acids is 1. The van der Waals surface area contributed by atoms with Gasteiger partial charge >= 0.3 is 35.5 Å². The van der Waals surface area contributed by atoms with Crippen LogP contribution in [-0.2, 0) is 32.7 Å². The van der Waals surface area contributed by atoms with E-state index in [1.54, 1.807) is 57.7 Å². The molecule has 0 saturated carbocycles. The van der Waals surface area contributed by atoms with E-state index in [4.69, 9.17) is 65.1 Å². The second-order valence-corrected chi connectivity index (χ2v) is 17.5. The fraction of sp³-hybridized carbons (Fsp3) is 0.244. The van der Waals surface area contributed by atoms with E-state index in [1.165, 1.54) is 73.9 Å². The van der Waals surface area contributed by atoms with Crippen molar-refractivity contribution in [3.8, 4) is 0 Å². The predicted octanol–water partition coefficient (Wildman–Crippen LogP) is 3.17. The molecule has 0 spiro atoms. The smallest absolute Gasteiger partial charge is 0.813 e. The molecule has 7 heterocycles. The number of nitrogens with two attached hydrogens (primary N) is 1. The Morgan fingerprint density at radius 3 is 1.49 bits per heavy atom. The molecule has 406 valence electrons. The van der Waals surface area contributed by atoms with E-state index in [2.05, 4.69) is 73.2 Å². The summed E-state index contributed by atoms with van der Waals surface area (Å²) in [5, 5.41) is 21.0. The number of piperidine rings is 2. The average Bonchev–Trinajstić information content (AvgIpc) is 3.39. The summed E-state index contributed by atoms with van der Waals surface area (Å²) in [6, 6.07) is 15.2. The number of pyridine rings is 5. The van der Waals surface area contributed by atoms with Crippen LogP contribution in [0.15, 0.2) is 96.7 Å². The van der Waals surface area contributed by atoms with Crippen LogP contribution in [-0.4, -0.2) is 128 Å². The van der Waals surface area contributed by atoms with Crippen molar-refractivity contribution in [3.63, 3.8) is 0 Å². The number of H-pyrrole nitrogens is 1. The maximum atomic E-state index is 11.6. The van der Waals surface area contributed by atoms with E-state index in [9.17, 15) is 47.5 Å². The SMILES string of the molecule is CN.CNC(=O)c1cc[nH]c(=S)c1.CNC(=O)c1ccnc(Cl)c1.CNC(=O)c1ccnc(SC2CCC(=O)NC2=O)c1.O=C(Cl)c1ccnc(Cl)c1.O=C(O)c1ccnc(Cl)c1.O=C1CCC(Br)C(=O)N1.[2H]CF.[Na+].[SH-]. The maximum absolute atomic E-state index is 11.6. The Morgan fingerprint density at radius 2 is 1.11 bits per heavy atom. The van der Waals surface area contributed by atoms with Crippen molar-refractivity contribution in [2.24, 2.45) is 5.73 Å². The Balaban J connectivity index is -0.000000851. The number of hydrogen-bond acceptors (Lipinski definition) is 17. The Hall–Kier alpha value is -4.97. The molecule has 0 radical (unpaired) electrons. The van der Waals surface area contributed by atoms with Gasteiger partial charge in [0.05, 0.1) is 29.2 Å². The molecule has 7 rings (SSSR count). The fourth-order valence-corrected chi connectivity index (χ4v) is 7.02. The molecule has 2 unspecified atom stereocenters. The molecule has 0 aromatic carbocycles. The summed E-state index contributed by atoms with van der Waals surface area (Å²) in [7, 11) is 5.20. The first-order chi connectivity index (χ1) is 35.6. The number of thiol groups is 1. The normalized spacial score (nSPS) is 13.5. The van der Waals surface area contributed by atoms with Gasteiger partial charge in [-0.2, -0.15) is 0 Å². The zero-order chi connectivity index (χ0) is 57.0. The number of hydrogen-bond donors (Lipinski definition) is 8. The van der Waals surface area contributed by atoms with Crippen LogP contribution in [0.4, 0.5) is 4.39 Å². The summed E-state index contributed by atoms with van der Waals surface area (Å²) in [5.74, 6) is -2.40. The fourth-order valence-electron chi connectivity index (χ4n) is 4.84. The number of rotatable bonds is 7. The van der Waals surface area contributed by atoms with Gasteiger partial charge in [0.1, 0.15) is 20.1 Å². The standard InChI is InChI=1S/C12H13N3O3S.C7H7ClN2O.C7H8N2OS.C6H3Cl2NO.C6H4ClNO2.C5H6BrNO2.CH3F.CH5N.Na.H2S/c1-13-11(17)7-4-5-14-10(6-7)19-8-2-3-9(16)15-12(8)18;1-9-7(11)5-2-3-10-6(8)4-5;1-8-7(10)5-2-3-9-6(11)4-5;7-5-3-4(6(8)10)1-2-9-5;7-5-3-4(6(9)10)1-2-8-5;6-3-1-2-4(8)7-5(3)9;2*1-2;;/h4-6,8H,2-3H2,1H3,(H,13,17)(H,15,16,18);2-4H,1H3,(H,9,11);2-4H,1H3,(H,8,10)(H,9,11);1-3H;1-3H,(H,9,10);3H,1-2H2,(H,7,8,9);1H3;2H2,1H3;;1H2/q;;;;;;;;+1;/p-1/i;;;;;;1D;;;. The quantitative estimate of drug-likeness (QED) is 0.0170. The number of carbonyl (C=O) groups is 9. The van der Waals surface area contributed by atoms with Gasteiger partial charge in [0.15, 0.2) is 0 Å². The van der Waals surface area contributed by atoms with Crippen molar-refractivity contribution in [2.45, 2.75) is 40.8 Å². The predicted molar refractivity (Wildman–Crippen MR) is 294 cm³/mol. The zero-order valence-corrected chi connectivity index (χ0v) is 50.0. The van der Waals surface area contributed by atoms with Gasteiger partial charge in [-0.05, 0) is 92.2 Å². The number of carboxylic acid groups (broad SMARTS) is 1. The van der Waals surface area contributed by atoms with E-state index in [0.717, 1.165) is 0 Å². The summed E-state index contributed by atoms with van der Waals surface area (Å²) in [4.78, 5) is 116. The van der Waals surface area contributed by atoms with Gasteiger partial charge in [0.2, 0.25) is 23.6 Å². The zero-order valence-electron chi connectivity index (χ0n) is 41.9. The van der Waals surface area contributed by atoms with Crippen molar-refractivity contribution < 1.29 is 83.6 Å². The van der Waals surface area contributed by atoms with Crippen molar-refractivity contribution in [1.82, 2.24) is 51.5 Å². The van der Waals surface area contributed by atoms with Gasteiger partial charge in [-0.15, -0.1) is 0 Å². The number of aromatic nitrogens is 5. The number of amides is 7. The first kappa shape index (κ1) is 73.1. The largest absolute Gasteiger partial charge is 1.00 e. The number of alkyl halides is 2. The Bertz CT molecular complexity index is 2740. The van der Waals surface area contributed by atoms with Gasteiger partial charge in [-0.3, -0.25) is 53.4 Å². The van der Waals surface area contributed by atoms with Crippen LogP contribution < -0.4 is 61.9 Å². The minimum Gasteiger partial charge on any atom is -0.813 e. The molecule has 7 amide bonds. The molecule has 31 heteroatoms. The van der Waals surface area contributed by atoms with E-state index >= 15 is 0 Å². The number of aromatic amines is 1. The molecular weight excluding hydrogens is 1210 g/mol. The summed E-state index contributed by atoms with van der Waals surface area (Å²) >= 11 is 30.8. The van der Waals surface area contributed by atoms with Gasteiger partial charge in [-0.25, -0.2) is 24.7 Å². The van der Waals surface area contributed by atoms with Crippen molar-refractivity contribution >= 4 is 152 Å². The number of thioether (sulfide) groups is 1. The van der Waals surface area contributed by atoms with Gasteiger partial charge in [0.25, 0.3) is 23.0 Å². The van der Waals surface area contributed by atoms with Gasteiger partial charge < -0.3 is 45.3 Å². The summed E-state index contributed by atoms with van der Waals surface area (Å²) in [5.41, 5.74) is 6.61. The number of nitrogens with zero attached hydrogens (tertiary/aromatic N) is 4. The summed E-state index contributed by atoms with van der Waals surface area (Å²) in [6.07, 6.45) is 9.33. The van der Waals surface area contributed by atoms with E-state index in [0.29, 0.717) is 62.8 Å². The third kappa shape index (κ3) is 31.3. The summed E-state index contributed by atoms with van der Waals surface area (Å²) < 4.78 is 16.1. The topological polar surface area (TPSA) is 327 Å². The first-order valence-electron chi connectivity index (χ1n) is 21.3. The van der Waals surface area contributed by atoms with E-state index in [-0.39, 0.29) is 110 Å². The molecule has 5 aromatic rings. The number of carbonyl (C=O) groups excluding carboxylic acids is 8. The van der Waals surface area contributed by atoms with Crippen LogP contribution in [0.2, 0.25) is 15.5 Å². The van der Waals surface area contributed by atoms with Crippen LogP contribution in [0.3, 0.4) is 0 Å². The molecular formula is C45H50BrCl4FN11NaO10S3. The number of nitrogens with one attached hydrogen (secondary N) is 6. The maximum Gasteiger partial charge on any atom is 1.00 e. The van der Waals surface area contributed by atoms with Gasteiger partial charge in [-0.1, -0.05) is 74.7 Å². The van der Waals surface area contributed by atoms with E-state index < -0.39 is 18.4 Å². The van der Waals surface area contributed by atoms with Crippen LogP contribution in [0.25, 0.3) is 0 Å². The molecule has 2 atom stereocenters. The van der Waals surface area contributed by atoms with Crippen LogP contribution >= 0.6 is 86.3 Å². The molecule has 5 aromatic heterocycles. The molecule has 0 bridgehead atoms. The van der Waals surface area contributed by atoms with Crippen molar-refractivity contribution in [3.05, 3.63) is 140 Å². The average molecular weight is 1270 g/mol. The molecule has 0 aliphatic carbocycles. The Kier molecular flexibility index (Phi) is 41.4. The third-order valence-corrected chi connectivity index (χ3v) is 11.4. The second-order valence-electron chi connectivity index (χ2n) is 13.2. The van der Waals surface area contributed by atoms with Crippen molar-refractivity contribution in [1.29, 1.82) is 0 Å². The minimum atomic E-state index is -1.00. The summed E-state index contributed by atoms with van der Waals surface area (Å²) in [6.45, 7) is 0. The molecule has 2 saturated heterocycles. The van der Waals surface area contributed by atoms with Crippen molar-refractivity contribution in [2.75, 3.05) is 35.3 Å². The van der Waals surface area contributed by atoms with Gasteiger partial charge in [0, 0.05) is 87.2 Å². The molecule has 2 aliphatic rings. The second kappa shape index (κ2) is 43.1. The van der Waals surface area contributed by atoms with Crippen LogP contribution in [0.1, 0.15) is 78.8 Å². The number of imide groups is 2. The molecule has 2 aliphatic heterocycles. The minimum absolute atomic E-state index is 0. The van der Waals surface area contributed by atoms with E-state index in [1.807, 2.05) is 0 Å². The number of carboxylic acids is 1. The number of halogens is 6. The molecule has 21 nitrogen and oxygen atoms in total. The van der Waals surface area contributed by atoms with Crippen LogP contribution in [0, 0.1) is 4.64 Å². The molecule has 2 fully saturated rings. The first-order valence-corrected chi connectivity index (χ1v) is 24.3. The molecule has 9 N–H and O–H groups in total. The van der Waals surface area contributed by atoms with Crippen LogP contribution in [0.5, 0.6) is 0 Å². The third-order valence-electron chi connectivity index (χ3n) is 8.25. The monoisotopic (exact) mass is 1260 g/mol.